The SMILES string of the molecule is CCNc1cc(C(=O)NC(C)(C)CC(C)(C)C)cc(Cl)n1. The molecule has 0 radical (unpaired) electrons. The van der Waals surface area contributed by atoms with Crippen molar-refractivity contribution < 1.29 is 4.79 Å². The quantitative estimate of drug-likeness (QED) is 0.805. The maximum atomic E-state index is 12.4. The second-order valence-corrected chi connectivity index (χ2v) is 7.56. The molecule has 0 unspecified atom stereocenters. The van der Waals surface area contributed by atoms with E-state index >= 15 is 0 Å². The summed E-state index contributed by atoms with van der Waals surface area (Å²) in [7, 11) is 0. The van der Waals surface area contributed by atoms with Crippen LogP contribution in [0.25, 0.3) is 0 Å². The lowest BCUT2D eigenvalue weighted by Gasteiger charge is -2.33. The maximum absolute atomic E-state index is 12.4. The predicted octanol–water partition coefficient (Wildman–Crippen LogP) is 4.11. The van der Waals surface area contributed by atoms with Gasteiger partial charge in [-0.15, -0.1) is 0 Å². The molecule has 5 heteroatoms. The summed E-state index contributed by atoms with van der Waals surface area (Å²) in [4.78, 5) is 16.6. The van der Waals surface area contributed by atoms with Crippen LogP contribution in [0.5, 0.6) is 0 Å². The normalized spacial score (nSPS) is 12.1. The zero-order chi connectivity index (χ0) is 16.3. The van der Waals surface area contributed by atoms with Gasteiger partial charge in [0.25, 0.3) is 5.91 Å². The first-order valence-electron chi connectivity index (χ1n) is 7.26. The number of carbonyl (C=O) groups is 1. The summed E-state index contributed by atoms with van der Waals surface area (Å²) in [6.45, 7) is 13.2. The Hall–Kier alpha value is -1.29. The number of pyridine rings is 1. The van der Waals surface area contributed by atoms with E-state index in [1.165, 1.54) is 0 Å². The van der Waals surface area contributed by atoms with Crippen LogP contribution in [-0.4, -0.2) is 23.0 Å². The second-order valence-electron chi connectivity index (χ2n) is 7.17. The maximum Gasteiger partial charge on any atom is 0.251 e. The van der Waals surface area contributed by atoms with Crippen molar-refractivity contribution in [2.24, 2.45) is 5.41 Å². The molecule has 0 saturated carbocycles. The van der Waals surface area contributed by atoms with Crippen molar-refractivity contribution in [1.29, 1.82) is 0 Å². The number of hydrogen-bond acceptors (Lipinski definition) is 3. The van der Waals surface area contributed by atoms with Crippen LogP contribution in [0, 0.1) is 5.41 Å². The lowest BCUT2D eigenvalue weighted by atomic mass is 9.81. The summed E-state index contributed by atoms with van der Waals surface area (Å²) in [6.07, 6.45) is 0.880. The topological polar surface area (TPSA) is 54.0 Å². The van der Waals surface area contributed by atoms with Gasteiger partial charge in [0.15, 0.2) is 0 Å². The molecule has 0 aliphatic rings. The van der Waals surface area contributed by atoms with Crippen LogP contribution in [0.15, 0.2) is 12.1 Å². The summed E-state index contributed by atoms with van der Waals surface area (Å²) in [5.41, 5.74) is 0.373. The van der Waals surface area contributed by atoms with E-state index in [0.29, 0.717) is 16.5 Å². The van der Waals surface area contributed by atoms with Crippen LogP contribution >= 0.6 is 11.6 Å². The summed E-state index contributed by atoms with van der Waals surface area (Å²) in [5.74, 6) is 0.483. The third-order valence-corrected chi connectivity index (χ3v) is 3.03. The van der Waals surface area contributed by atoms with Crippen molar-refractivity contribution in [3.63, 3.8) is 0 Å². The zero-order valence-electron chi connectivity index (χ0n) is 13.8. The van der Waals surface area contributed by atoms with E-state index in [4.69, 9.17) is 11.6 Å². The Morgan fingerprint density at radius 2 is 1.86 bits per heavy atom. The van der Waals surface area contributed by atoms with Crippen molar-refractivity contribution in [3.8, 4) is 0 Å². The average molecular weight is 312 g/mol. The van der Waals surface area contributed by atoms with Gasteiger partial charge < -0.3 is 10.6 Å². The van der Waals surface area contributed by atoms with E-state index in [1.807, 2.05) is 20.8 Å². The molecular formula is C16H26ClN3O. The first-order chi connectivity index (χ1) is 9.52. The lowest BCUT2D eigenvalue weighted by molar-refractivity contribution is 0.0891. The number of rotatable bonds is 5. The molecule has 0 aliphatic heterocycles. The van der Waals surface area contributed by atoms with Gasteiger partial charge in [-0.05, 0) is 44.7 Å². The van der Waals surface area contributed by atoms with Crippen LogP contribution in [0.4, 0.5) is 5.82 Å². The molecular weight excluding hydrogens is 286 g/mol. The Balaban J connectivity index is 2.89. The van der Waals surface area contributed by atoms with Crippen molar-refractivity contribution in [2.75, 3.05) is 11.9 Å². The third-order valence-electron chi connectivity index (χ3n) is 2.84. The van der Waals surface area contributed by atoms with Crippen molar-refractivity contribution in [2.45, 2.75) is 53.5 Å². The van der Waals surface area contributed by atoms with Gasteiger partial charge >= 0.3 is 0 Å². The number of amides is 1. The fourth-order valence-corrected chi connectivity index (χ4v) is 2.86. The molecule has 0 fully saturated rings. The van der Waals surface area contributed by atoms with E-state index in [-0.39, 0.29) is 16.9 Å². The molecule has 1 rings (SSSR count). The lowest BCUT2D eigenvalue weighted by Crippen LogP contribution is -2.45. The predicted molar refractivity (Wildman–Crippen MR) is 89.0 cm³/mol. The van der Waals surface area contributed by atoms with E-state index in [1.54, 1.807) is 12.1 Å². The van der Waals surface area contributed by atoms with Gasteiger partial charge in [-0.2, -0.15) is 0 Å². The van der Waals surface area contributed by atoms with Gasteiger partial charge in [0.2, 0.25) is 0 Å². The van der Waals surface area contributed by atoms with Crippen LogP contribution < -0.4 is 10.6 Å². The molecule has 0 aromatic carbocycles. The molecule has 1 aromatic rings. The molecule has 0 saturated heterocycles. The molecule has 1 aromatic heterocycles. The molecule has 1 amide bonds. The smallest absolute Gasteiger partial charge is 0.251 e. The molecule has 4 nitrogen and oxygen atoms in total. The Morgan fingerprint density at radius 3 is 2.38 bits per heavy atom. The van der Waals surface area contributed by atoms with E-state index in [0.717, 1.165) is 13.0 Å². The molecule has 1 heterocycles. The molecule has 0 aliphatic carbocycles. The van der Waals surface area contributed by atoms with Gasteiger partial charge in [-0.1, -0.05) is 32.4 Å². The number of halogens is 1. The van der Waals surface area contributed by atoms with Gasteiger partial charge in [-0.25, -0.2) is 4.98 Å². The number of nitrogens with zero attached hydrogens (tertiary/aromatic N) is 1. The molecule has 0 atom stereocenters. The zero-order valence-corrected chi connectivity index (χ0v) is 14.6. The number of anilines is 1. The first kappa shape index (κ1) is 17.8. The Kier molecular flexibility index (Phi) is 5.62. The molecule has 118 valence electrons. The summed E-state index contributed by atoms with van der Waals surface area (Å²) < 4.78 is 0. The summed E-state index contributed by atoms with van der Waals surface area (Å²) in [5, 5.41) is 6.45. The number of carbonyl (C=O) groups excluding carboxylic acids is 1. The highest BCUT2D eigenvalue weighted by atomic mass is 35.5. The fraction of sp³-hybridized carbons (Fsp3) is 0.625. The van der Waals surface area contributed by atoms with Gasteiger partial charge in [-0.3, -0.25) is 4.79 Å². The number of aromatic nitrogens is 1. The van der Waals surface area contributed by atoms with E-state index in [9.17, 15) is 4.79 Å². The second kappa shape index (κ2) is 6.65. The Labute approximate surface area is 132 Å². The molecule has 21 heavy (non-hydrogen) atoms. The standard InChI is InChI=1S/C16H26ClN3O/c1-7-18-13-9-11(8-12(17)19-13)14(21)20-16(5,6)10-15(2,3)4/h8-9H,7,10H2,1-6H3,(H,18,19)(H,20,21). The van der Waals surface area contributed by atoms with Crippen LogP contribution in [0.1, 0.15) is 58.3 Å². The molecule has 0 bridgehead atoms. The Bertz CT molecular complexity index is 507. The number of hydrogen-bond donors (Lipinski definition) is 2. The minimum absolute atomic E-state index is 0.132. The molecule has 0 spiro atoms. The largest absolute Gasteiger partial charge is 0.370 e. The molecule has 2 N–H and O–H groups in total. The van der Waals surface area contributed by atoms with Crippen molar-refractivity contribution in [1.82, 2.24) is 10.3 Å². The monoisotopic (exact) mass is 311 g/mol. The fourth-order valence-electron chi connectivity index (χ4n) is 2.65. The van der Waals surface area contributed by atoms with Gasteiger partial charge in [0.05, 0.1) is 0 Å². The van der Waals surface area contributed by atoms with E-state index < -0.39 is 0 Å². The van der Waals surface area contributed by atoms with Gasteiger partial charge in [0, 0.05) is 17.6 Å². The van der Waals surface area contributed by atoms with Crippen molar-refractivity contribution >= 4 is 23.3 Å². The minimum Gasteiger partial charge on any atom is -0.370 e. The minimum atomic E-state index is -0.288. The highest BCUT2D eigenvalue weighted by molar-refractivity contribution is 6.29. The highest BCUT2D eigenvalue weighted by Crippen LogP contribution is 2.27. The number of nitrogens with one attached hydrogen (secondary N) is 2. The average Bonchev–Trinajstić information content (AvgIpc) is 2.24. The first-order valence-corrected chi connectivity index (χ1v) is 7.64. The summed E-state index contributed by atoms with van der Waals surface area (Å²) in [6, 6.07) is 3.31. The Morgan fingerprint density at radius 1 is 1.24 bits per heavy atom. The van der Waals surface area contributed by atoms with Crippen LogP contribution in [-0.2, 0) is 0 Å². The van der Waals surface area contributed by atoms with Crippen LogP contribution in [0.3, 0.4) is 0 Å². The third kappa shape index (κ3) is 6.34. The highest BCUT2D eigenvalue weighted by Gasteiger charge is 2.27. The van der Waals surface area contributed by atoms with E-state index in [2.05, 4.69) is 36.4 Å². The van der Waals surface area contributed by atoms with Crippen LogP contribution in [0.2, 0.25) is 5.15 Å². The summed E-state index contributed by atoms with van der Waals surface area (Å²) >= 11 is 5.98. The van der Waals surface area contributed by atoms with Crippen molar-refractivity contribution in [3.05, 3.63) is 22.8 Å². The van der Waals surface area contributed by atoms with Gasteiger partial charge in [0.1, 0.15) is 11.0 Å².